The van der Waals surface area contributed by atoms with Gasteiger partial charge in [-0.25, -0.2) is 0 Å². The van der Waals surface area contributed by atoms with Gasteiger partial charge >= 0.3 is 0 Å². The first kappa shape index (κ1) is 15.3. The van der Waals surface area contributed by atoms with E-state index in [4.69, 9.17) is 10.5 Å². The predicted octanol–water partition coefficient (Wildman–Crippen LogP) is 0.739. The van der Waals surface area contributed by atoms with E-state index in [1.54, 1.807) is 11.0 Å². The van der Waals surface area contributed by atoms with Crippen LogP contribution in [0, 0.1) is 0 Å². The number of carbonyl (C=O) groups is 2. The Morgan fingerprint density at radius 1 is 1.38 bits per heavy atom. The van der Waals surface area contributed by atoms with Crippen LogP contribution >= 0.6 is 0 Å². The first-order valence-electron chi connectivity index (χ1n) is 7.14. The number of nitrogens with two attached hydrogens (primary N) is 1. The molecule has 2 N–H and O–H groups in total. The summed E-state index contributed by atoms with van der Waals surface area (Å²) in [5, 5.41) is 0. The molecule has 0 unspecified atom stereocenters. The smallest absolute Gasteiger partial charge is 0.265 e. The lowest BCUT2D eigenvalue weighted by Gasteiger charge is -2.31. The monoisotopic (exact) mass is 291 g/mol. The minimum Gasteiger partial charge on any atom is -0.482 e. The molecule has 0 atom stereocenters. The number of rotatable bonds is 5. The number of benzene rings is 1. The molecule has 0 saturated heterocycles. The summed E-state index contributed by atoms with van der Waals surface area (Å²) in [6.45, 7) is 5.50. The zero-order valence-corrected chi connectivity index (χ0v) is 12.5. The van der Waals surface area contributed by atoms with E-state index in [1.807, 2.05) is 26.0 Å². The van der Waals surface area contributed by atoms with Gasteiger partial charge in [0.25, 0.3) is 5.91 Å². The van der Waals surface area contributed by atoms with Crippen molar-refractivity contribution in [2.24, 2.45) is 5.73 Å². The number of likely N-dealkylation sites (N-methyl/N-ethyl adjacent to an activating group) is 1. The van der Waals surface area contributed by atoms with Crippen molar-refractivity contribution in [1.82, 2.24) is 4.90 Å². The standard InChI is InChI=1S/C15H21N3O3/c1-3-17(4-2)14(19)9-18-12-6-5-11(8-16)7-13(12)21-10-15(18)20/h5-7H,3-4,8-10,16H2,1-2H3. The van der Waals surface area contributed by atoms with Crippen LogP contribution in [0.5, 0.6) is 5.75 Å². The van der Waals surface area contributed by atoms with Gasteiger partial charge in [0.15, 0.2) is 6.61 Å². The van der Waals surface area contributed by atoms with Gasteiger partial charge in [0, 0.05) is 19.6 Å². The van der Waals surface area contributed by atoms with Crippen molar-refractivity contribution in [3.05, 3.63) is 23.8 Å². The molecule has 1 aliphatic rings. The van der Waals surface area contributed by atoms with Crippen LogP contribution in [0.4, 0.5) is 5.69 Å². The van der Waals surface area contributed by atoms with Gasteiger partial charge in [0.1, 0.15) is 12.3 Å². The third-order valence-corrected chi connectivity index (χ3v) is 3.61. The van der Waals surface area contributed by atoms with Gasteiger partial charge in [-0.2, -0.15) is 0 Å². The lowest BCUT2D eigenvalue weighted by atomic mass is 10.1. The van der Waals surface area contributed by atoms with Crippen molar-refractivity contribution in [3.63, 3.8) is 0 Å². The van der Waals surface area contributed by atoms with Gasteiger partial charge in [-0.3, -0.25) is 14.5 Å². The largest absolute Gasteiger partial charge is 0.482 e. The second-order valence-electron chi connectivity index (χ2n) is 4.84. The highest BCUT2D eigenvalue weighted by atomic mass is 16.5. The van der Waals surface area contributed by atoms with Crippen LogP contribution in [-0.4, -0.2) is 43.0 Å². The van der Waals surface area contributed by atoms with Crippen molar-refractivity contribution < 1.29 is 14.3 Å². The van der Waals surface area contributed by atoms with E-state index in [0.717, 1.165) is 5.56 Å². The number of amides is 2. The molecule has 0 fully saturated rings. The number of anilines is 1. The summed E-state index contributed by atoms with van der Waals surface area (Å²) in [7, 11) is 0. The number of fused-ring (bicyclic) bond motifs is 1. The Morgan fingerprint density at radius 2 is 2.10 bits per heavy atom. The van der Waals surface area contributed by atoms with Gasteiger partial charge in [0.05, 0.1) is 5.69 Å². The molecule has 0 aromatic heterocycles. The maximum atomic E-state index is 12.2. The number of carbonyl (C=O) groups excluding carboxylic acids is 2. The van der Waals surface area contributed by atoms with Crippen molar-refractivity contribution in [1.29, 1.82) is 0 Å². The molecular formula is C15H21N3O3. The maximum absolute atomic E-state index is 12.2. The summed E-state index contributed by atoms with van der Waals surface area (Å²) >= 11 is 0. The molecule has 0 spiro atoms. The number of nitrogens with zero attached hydrogens (tertiary/aromatic N) is 2. The Hall–Kier alpha value is -2.08. The Kier molecular flexibility index (Phi) is 4.80. The molecule has 0 radical (unpaired) electrons. The van der Waals surface area contributed by atoms with E-state index in [1.165, 1.54) is 4.90 Å². The molecule has 2 amide bonds. The van der Waals surface area contributed by atoms with Crippen LogP contribution in [0.2, 0.25) is 0 Å². The molecule has 21 heavy (non-hydrogen) atoms. The van der Waals surface area contributed by atoms with Gasteiger partial charge < -0.3 is 15.4 Å². The second-order valence-corrected chi connectivity index (χ2v) is 4.84. The van der Waals surface area contributed by atoms with Gasteiger partial charge in [-0.1, -0.05) is 6.07 Å². The van der Waals surface area contributed by atoms with Crippen molar-refractivity contribution in [2.45, 2.75) is 20.4 Å². The van der Waals surface area contributed by atoms with Crippen molar-refractivity contribution in [2.75, 3.05) is 31.1 Å². The van der Waals surface area contributed by atoms with E-state index in [2.05, 4.69) is 0 Å². The van der Waals surface area contributed by atoms with Crippen LogP contribution in [0.15, 0.2) is 18.2 Å². The molecule has 1 aromatic carbocycles. The fourth-order valence-electron chi connectivity index (χ4n) is 2.36. The van der Waals surface area contributed by atoms with E-state index in [9.17, 15) is 9.59 Å². The van der Waals surface area contributed by atoms with Crippen LogP contribution in [0.3, 0.4) is 0 Å². The second kappa shape index (κ2) is 6.58. The minimum absolute atomic E-state index is 0.0405. The van der Waals surface area contributed by atoms with Crippen LogP contribution < -0.4 is 15.4 Å². The Bertz CT molecular complexity index is 541. The van der Waals surface area contributed by atoms with Gasteiger partial charge in [-0.15, -0.1) is 0 Å². The Labute approximate surface area is 124 Å². The fourth-order valence-corrected chi connectivity index (χ4v) is 2.36. The van der Waals surface area contributed by atoms with E-state index < -0.39 is 0 Å². The topological polar surface area (TPSA) is 75.9 Å². The lowest BCUT2D eigenvalue weighted by Crippen LogP contribution is -2.46. The van der Waals surface area contributed by atoms with Crippen LogP contribution in [0.1, 0.15) is 19.4 Å². The Morgan fingerprint density at radius 3 is 2.71 bits per heavy atom. The number of hydrogen-bond acceptors (Lipinski definition) is 4. The van der Waals surface area contributed by atoms with Crippen LogP contribution in [-0.2, 0) is 16.1 Å². The predicted molar refractivity (Wildman–Crippen MR) is 80.1 cm³/mol. The summed E-state index contributed by atoms with van der Waals surface area (Å²) < 4.78 is 5.43. The van der Waals surface area contributed by atoms with E-state index in [-0.39, 0.29) is 25.0 Å². The third kappa shape index (κ3) is 3.16. The molecule has 1 aromatic rings. The SMILES string of the molecule is CCN(CC)C(=O)CN1C(=O)COc2cc(CN)ccc21. The highest BCUT2D eigenvalue weighted by Crippen LogP contribution is 2.32. The fraction of sp³-hybridized carbons (Fsp3) is 0.467. The molecule has 114 valence electrons. The van der Waals surface area contributed by atoms with Crippen molar-refractivity contribution >= 4 is 17.5 Å². The molecule has 0 bridgehead atoms. The van der Waals surface area contributed by atoms with Gasteiger partial charge in [0.2, 0.25) is 5.91 Å². The third-order valence-electron chi connectivity index (χ3n) is 3.61. The average molecular weight is 291 g/mol. The highest BCUT2D eigenvalue weighted by Gasteiger charge is 2.28. The summed E-state index contributed by atoms with van der Waals surface area (Å²) in [6, 6.07) is 5.44. The maximum Gasteiger partial charge on any atom is 0.265 e. The normalized spacial score (nSPS) is 13.7. The quantitative estimate of drug-likeness (QED) is 0.868. The summed E-state index contributed by atoms with van der Waals surface area (Å²) in [6.07, 6.45) is 0. The average Bonchev–Trinajstić information content (AvgIpc) is 2.50. The first-order valence-corrected chi connectivity index (χ1v) is 7.14. The molecule has 1 aliphatic heterocycles. The first-order chi connectivity index (χ1) is 10.1. The van der Waals surface area contributed by atoms with E-state index in [0.29, 0.717) is 31.1 Å². The number of hydrogen-bond donors (Lipinski definition) is 1. The zero-order valence-electron chi connectivity index (χ0n) is 12.5. The molecule has 6 heteroatoms. The number of ether oxygens (including phenoxy) is 1. The minimum atomic E-state index is -0.205. The van der Waals surface area contributed by atoms with Crippen LogP contribution in [0.25, 0.3) is 0 Å². The van der Waals surface area contributed by atoms with Gasteiger partial charge in [-0.05, 0) is 31.5 Å². The molecule has 2 rings (SSSR count). The molecule has 0 saturated carbocycles. The van der Waals surface area contributed by atoms with E-state index >= 15 is 0 Å². The summed E-state index contributed by atoms with van der Waals surface area (Å²) in [5.41, 5.74) is 7.16. The molecular weight excluding hydrogens is 270 g/mol. The Balaban J connectivity index is 2.24. The zero-order chi connectivity index (χ0) is 15.4. The summed E-state index contributed by atoms with van der Waals surface area (Å²) in [5.74, 6) is 0.331. The highest BCUT2D eigenvalue weighted by molar-refractivity contribution is 6.02. The molecule has 6 nitrogen and oxygen atoms in total. The molecule has 0 aliphatic carbocycles. The lowest BCUT2D eigenvalue weighted by molar-refractivity contribution is -0.131. The van der Waals surface area contributed by atoms with Crippen molar-refractivity contribution in [3.8, 4) is 5.75 Å². The molecule has 1 heterocycles. The summed E-state index contributed by atoms with van der Waals surface area (Å²) in [4.78, 5) is 27.5.